The summed E-state index contributed by atoms with van der Waals surface area (Å²) in [5.74, 6) is -1.51. The number of anilines is 1. The first-order valence-electron chi connectivity index (χ1n) is 9.69. The lowest BCUT2D eigenvalue weighted by Crippen LogP contribution is -2.44. The van der Waals surface area contributed by atoms with E-state index in [1.165, 1.54) is 0 Å². The molecule has 0 saturated carbocycles. The average molecular weight is 408 g/mol. The molecule has 8 heteroatoms. The summed E-state index contributed by atoms with van der Waals surface area (Å²) in [5.41, 5.74) is 1.06. The topological polar surface area (TPSA) is 108 Å². The summed E-state index contributed by atoms with van der Waals surface area (Å²) in [6.07, 6.45) is 0.759. The summed E-state index contributed by atoms with van der Waals surface area (Å²) in [6.45, 7) is 2.84. The van der Waals surface area contributed by atoms with Gasteiger partial charge in [-0.3, -0.25) is 19.3 Å². The third-order valence-corrected chi connectivity index (χ3v) is 5.05. The van der Waals surface area contributed by atoms with E-state index in [0.29, 0.717) is 11.3 Å². The highest BCUT2D eigenvalue weighted by molar-refractivity contribution is 6.09. The third-order valence-electron chi connectivity index (χ3n) is 5.05. The van der Waals surface area contributed by atoms with Gasteiger partial charge in [0.05, 0.1) is 6.54 Å². The van der Waals surface area contributed by atoms with E-state index in [1.54, 1.807) is 37.3 Å². The molecule has 1 atom stereocenters. The number of nitrogens with one attached hydrogen (secondary N) is 3. The number of carbonyl (C=O) groups is 4. The smallest absolute Gasteiger partial charge is 0.325 e. The molecule has 1 fully saturated rings. The van der Waals surface area contributed by atoms with Crippen molar-refractivity contribution >= 4 is 29.4 Å². The van der Waals surface area contributed by atoms with Crippen LogP contribution in [-0.2, 0) is 26.3 Å². The van der Waals surface area contributed by atoms with Crippen LogP contribution in [0.15, 0.2) is 54.6 Å². The van der Waals surface area contributed by atoms with Gasteiger partial charge in [-0.2, -0.15) is 0 Å². The molecule has 30 heavy (non-hydrogen) atoms. The Morgan fingerprint density at radius 3 is 2.37 bits per heavy atom. The first-order valence-corrected chi connectivity index (χ1v) is 9.69. The molecule has 0 unspecified atom stereocenters. The standard InChI is InChI=1S/C22H24N4O4/c1-3-15-9-7-8-12-17(15)24-18(27)13-23-19(28)14-26-20(29)22(2,25-21(26)30)16-10-5-4-6-11-16/h4-12H,3,13-14H2,1-2H3,(H,23,28)(H,24,27)(H,25,30)/t22-/m0/s1. The number of hydrogen-bond donors (Lipinski definition) is 3. The van der Waals surface area contributed by atoms with E-state index in [2.05, 4.69) is 16.0 Å². The molecule has 1 saturated heterocycles. The van der Waals surface area contributed by atoms with Crippen LogP contribution in [0.1, 0.15) is 25.0 Å². The molecule has 0 bridgehead atoms. The zero-order chi connectivity index (χ0) is 21.7. The van der Waals surface area contributed by atoms with Crippen molar-refractivity contribution in [2.24, 2.45) is 0 Å². The Hall–Kier alpha value is -3.68. The van der Waals surface area contributed by atoms with E-state index < -0.39 is 35.8 Å². The molecule has 8 nitrogen and oxygen atoms in total. The van der Waals surface area contributed by atoms with Gasteiger partial charge in [0.25, 0.3) is 5.91 Å². The van der Waals surface area contributed by atoms with Gasteiger partial charge in [0.1, 0.15) is 12.1 Å². The summed E-state index contributed by atoms with van der Waals surface area (Å²) in [7, 11) is 0. The van der Waals surface area contributed by atoms with Crippen LogP contribution in [0.25, 0.3) is 0 Å². The largest absolute Gasteiger partial charge is 0.345 e. The Morgan fingerprint density at radius 1 is 1.00 bits per heavy atom. The molecule has 3 rings (SSSR count). The Kier molecular flexibility index (Phi) is 6.15. The van der Waals surface area contributed by atoms with Gasteiger partial charge < -0.3 is 16.0 Å². The molecule has 156 valence electrons. The van der Waals surface area contributed by atoms with Crippen molar-refractivity contribution in [2.45, 2.75) is 25.8 Å². The number of nitrogens with zero attached hydrogens (tertiary/aromatic N) is 1. The molecule has 0 radical (unpaired) electrons. The van der Waals surface area contributed by atoms with Crippen LogP contribution in [0.3, 0.4) is 0 Å². The number of carbonyl (C=O) groups excluding carboxylic acids is 4. The molecule has 2 aromatic carbocycles. The number of benzene rings is 2. The van der Waals surface area contributed by atoms with Crippen molar-refractivity contribution < 1.29 is 19.2 Å². The van der Waals surface area contributed by atoms with Crippen molar-refractivity contribution in [3.63, 3.8) is 0 Å². The lowest BCUT2D eigenvalue weighted by molar-refractivity contribution is -0.135. The van der Waals surface area contributed by atoms with Crippen molar-refractivity contribution in [1.82, 2.24) is 15.5 Å². The number of imide groups is 1. The second kappa shape index (κ2) is 8.77. The highest BCUT2D eigenvalue weighted by Gasteiger charge is 2.49. The number of rotatable bonds is 7. The van der Waals surface area contributed by atoms with E-state index in [4.69, 9.17) is 0 Å². The maximum Gasteiger partial charge on any atom is 0.325 e. The summed E-state index contributed by atoms with van der Waals surface area (Å²) in [6, 6.07) is 15.6. The maximum atomic E-state index is 12.8. The Bertz CT molecular complexity index is 976. The zero-order valence-electron chi connectivity index (χ0n) is 16.9. The number of urea groups is 1. The van der Waals surface area contributed by atoms with Gasteiger partial charge in [-0.1, -0.05) is 55.5 Å². The molecule has 5 amide bonds. The van der Waals surface area contributed by atoms with Gasteiger partial charge in [-0.25, -0.2) is 4.79 Å². The number of para-hydroxylation sites is 1. The molecular formula is C22H24N4O4. The first kappa shape index (κ1) is 21.0. The van der Waals surface area contributed by atoms with E-state index >= 15 is 0 Å². The minimum absolute atomic E-state index is 0.267. The Morgan fingerprint density at radius 2 is 1.67 bits per heavy atom. The highest BCUT2D eigenvalue weighted by atomic mass is 16.2. The normalized spacial score (nSPS) is 18.1. The summed E-state index contributed by atoms with van der Waals surface area (Å²) in [4.78, 5) is 50.4. The fraction of sp³-hybridized carbons (Fsp3) is 0.273. The van der Waals surface area contributed by atoms with E-state index in [1.807, 2.05) is 31.2 Å². The third kappa shape index (κ3) is 4.32. The van der Waals surface area contributed by atoms with Crippen LogP contribution in [0, 0.1) is 0 Å². The second-order valence-electron chi connectivity index (χ2n) is 7.15. The average Bonchev–Trinajstić information content (AvgIpc) is 2.97. The van der Waals surface area contributed by atoms with Crippen LogP contribution in [0.2, 0.25) is 0 Å². The van der Waals surface area contributed by atoms with Gasteiger partial charge >= 0.3 is 6.03 Å². The monoisotopic (exact) mass is 408 g/mol. The lowest BCUT2D eigenvalue weighted by Gasteiger charge is -2.22. The number of hydrogen-bond acceptors (Lipinski definition) is 4. The SMILES string of the molecule is CCc1ccccc1NC(=O)CNC(=O)CN1C(=O)N[C@@](C)(c2ccccc2)C1=O. The van der Waals surface area contributed by atoms with Crippen LogP contribution >= 0.6 is 0 Å². The predicted octanol–water partition coefficient (Wildman–Crippen LogP) is 1.77. The molecule has 3 N–H and O–H groups in total. The fourth-order valence-corrected chi connectivity index (χ4v) is 3.33. The maximum absolute atomic E-state index is 12.8. The zero-order valence-corrected chi connectivity index (χ0v) is 16.9. The molecule has 2 aromatic rings. The second-order valence-corrected chi connectivity index (χ2v) is 7.15. The number of aryl methyl sites for hydroxylation is 1. The van der Waals surface area contributed by atoms with Crippen LogP contribution in [-0.4, -0.2) is 41.7 Å². The van der Waals surface area contributed by atoms with Crippen molar-refractivity contribution in [3.8, 4) is 0 Å². The highest BCUT2D eigenvalue weighted by Crippen LogP contribution is 2.28. The molecular weight excluding hydrogens is 384 g/mol. The summed E-state index contributed by atoms with van der Waals surface area (Å²) >= 11 is 0. The lowest BCUT2D eigenvalue weighted by atomic mass is 9.92. The molecule has 0 aliphatic carbocycles. The molecule has 1 aliphatic rings. The van der Waals surface area contributed by atoms with Gasteiger partial charge in [0, 0.05) is 5.69 Å². The van der Waals surface area contributed by atoms with Crippen molar-refractivity contribution in [1.29, 1.82) is 0 Å². The molecule has 1 aliphatic heterocycles. The first-order chi connectivity index (χ1) is 14.3. The summed E-state index contributed by atoms with van der Waals surface area (Å²) in [5, 5.41) is 7.84. The van der Waals surface area contributed by atoms with E-state index in [0.717, 1.165) is 16.9 Å². The van der Waals surface area contributed by atoms with Crippen LogP contribution in [0.4, 0.5) is 10.5 Å². The van der Waals surface area contributed by atoms with Crippen molar-refractivity contribution in [3.05, 3.63) is 65.7 Å². The minimum Gasteiger partial charge on any atom is -0.345 e. The minimum atomic E-state index is -1.24. The molecule has 1 heterocycles. The molecule has 0 spiro atoms. The molecule has 0 aromatic heterocycles. The quantitative estimate of drug-likeness (QED) is 0.607. The van der Waals surface area contributed by atoms with Gasteiger partial charge in [-0.05, 0) is 30.5 Å². The van der Waals surface area contributed by atoms with Gasteiger partial charge in [0.2, 0.25) is 11.8 Å². The Labute approximate surface area is 174 Å². The van der Waals surface area contributed by atoms with Gasteiger partial charge in [-0.15, -0.1) is 0 Å². The van der Waals surface area contributed by atoms with E-state index in [9.17, 15) is 19.2 Å². The van der Waals surface area contributed by atoms with Crippen LogP contribution in [0.5, 0.6) is 0 Å². The number of amides is 5. The van der Waals surface area contributed by atoms with E-state index in [-0.39, 0.29) is 6.54 Å². The fourth-order valence-electron chi connectivity index (χ4n) is 3.33. The van der Waals surface area contributed by atoms with Gasteiger partial charge in [0.15, 0.2) is 0 Å². The Balaban J connectivity index is 1.56. The van der Waals surface area contributed by atoms with Crippen LogP contribution < -0.4 is 16.0 Å². The predicted molar refractivity (Wildman–Crippen MR) is 111 cm³/mol. The van der Waals surface area contributed by atoms with Crippen molar-refractivity contribution in [2.75, 3.05) is 18.4 Å². The summed E-state index contributed by atoms with van der Waals surface area (Å²) < 4.78 is 0.